The molecule has 1 saturated heterocycles. The minimum atomic E-state index is -0.0590. The molecule has 1 unspecified atom stereocenters. The third kappa shape index (κ3) is 4.40. The Morgan fingerprint density at radius 2 is 1.89 bits per heavy atom. The van der Waals surface area contributed by atoms with Gasteiger partial charge in [-0.05, 0) is 62.5 Å². The number of benzene rings is 1. The van der Waals surface area contributed by atoms with E-state index >= 15 is 0 Å². The maximum atomic E-state index is 13.9. The lowest BCUT2D eigenvalue weighted by molar-refractivity contribution is 0.496. The molecule has 0 spiro atoms. The number of aryl methyl sites for hydroxylation is 2. The molecule has 4 aromatic rings. The van der Waals surface area contributed by atoms with E-state index in [2.05, 4.69) is 41.0 Å². The molecule has 0 bridgehead atoms. The highest BCUT2D eigenvalue weighted by Crippen LogP contribution is 2.30. The van der Waals surface area contributed by atoms with E-state index in [4.69, 9.17) is 15.7 Å². The number of aromatic nitrogens is 4. The van der Waals surface area contributed by atoms with Crippen molar-refractivity contribution in [3.05, 3.63) is 63.8 Å². The fourth-order valence-corrected chi connectivity index (χ4v) is 6.01. The highest BCUT2D eigenvalue weighted by atomic mass is 16.1. The van der Waals surface area contributed by atoms with Crippen LogP contribution in [0.25, 0.3) is 21.8 Å². The molecule has 1 aliphatic heterocycles. The van der Waals surface area contributed by atoms with Gasteiger partial charge in [-0.2, -0.15) is 0 Å². The lowest BCUT2D eigenvalue weighted by Crippen LogP contribution is -2.44. The molecule has 1 aromatic carbocycles. The molecule has 190 valence electrons. The number of nitrogens with zero attached hydrogens (tertiary/aromatic N) is 5. The van der Waals surface area contributed by atoms with E-state index in [0.29, 0.717) is 24.1 Å². The summed E-state index contributed by atoms with van der Waals surface area (Å²) in [6, 6.07) is 10.6. The topological polar surface area (TPSA) is 82.0 Å². The van der Waals surface area contributed by atoms with Crippen molar-refractivity contribution in [2.75, 3.05) is 18.0 Å². The van der Waals surface area contributed by atoms with Gasteiger partial charge in [-0.15, -0.1) is 5.92 Å². The van der Waals surface area contributed by atoms with Gasteiger partial charge in [-0.25, -0.2) is 4.98 Å². The first-order chi connectivity index (χ1) is 18.1. The van der Waals surface area contributed by atoms with Gasteiger partial charge in [0.05, 0.1) is 24.3 Å². The maximum Gasteiger partial charge on any atom is 0.277 e. The molecular weight excluding hydrogens is 460 g/mol. The Hall–Kier alpha value is -3.63. The molecule has 0 saturated carbocycles. The molecule has 7 nitrogen and oxygen atoms in total. The number of hydrogen-bond donors (Lipinski definition) is 1. The molecule has 0 radical (unpaired) electrons. The van der Waals surface area contributed by atoms with Gasteiger partial charge >= 0.3 is 0 Å². The lowest BCUT2D eigenvalue weighted by Gasteiger charge is -2.31. The van der Waals surface area contributed by atoms with E-state index in [1.165, 1.54) is 35.9 Å². The summed E-state index contributed by atoms with van der Waals surface area (Å²) >= 11 is 0. The predicted octanol–water partition coefficient (Wildman–Crippen LogP) is 4.01. The minimum Gasteiger partial charge on any atom is -0.341 e. The number of nitrogens with two attached hydrogens (primary N) is 1. The van der Waals surface area contributed by atoms with Crippen LogP contribution in [-0.2, 0) is 25.9 Å². The van der Waals surface area contributed by atoms with E-state index in [1.807, 2.05) is 23.8 Å². The molecule has 2 aliphatic rings. The van der Waals surface area contributed by atoms with E-state index in [1.54, 1.807) is 4.57 Å². The number of piperidine rings is 1. The second-order valence-electron chi connectivity index (χ2n) is 10.3. The highest BCUT2D eigenvalue weighted by Gasteiger charge is 2.24. The zero-order chi connectivity index (χ0) is 25.4. The van der Waals surface area contributed by atoms with Crippen LogP contribution in [0.2, 0.25) is 0 Å². The monoisotopic (exact) mass is 494 g/mol. The Morgan fingerprint density at radius 1 is 1.05 bits per heavy atom. The summed E-state index contributed by atoms with van der Waals surface area (Å²) in [4.78, 5) is 26.2. The Morgan fingerprint density at radius 3 is 2.73 bits per heavy atom. The molecule has 6 rings (SSSR count). The summed E-state index contributed by atoms with van der Waals surface area (Å²) in [5.41, 5.74) is 11.1. The quantitative estimate of drug-likeness (QED) is 0.342. The van der Waals surface area contributed by atoms with Gasteiger partial charge in [0.2, 0.25) is 5.95 Å². The third-order valence-corrected chi connectivity index (χ3v) is 7.85. The van der Waals surface area contributed by atoms with Crippen molar-refractivity contribution in [2.24, 2.45) is 5.73 Å². The van der Waals surface area contributed by atoms with E-state index in [-0.39, 0.29) is 11.6 Å². The van der Waals surface area contributed by atoms with Crippen LogP contribution in [0, 0.1) is 11.8 Å². The van der Waals surface area contributed by atoms with Crippen LogP contribution in [0.4, 0.5) is 5.95 Å². The predicted molar refractivity (Wildman–Crippen MR) is 149 cm³/mol. The summed E-state index contributed by atoms with van der Waals surface area (Å²) in [7, 11) is 0. The number of rotatable bonds is 4. The molecule has 1 aliphatic carbocycles. The normalized spacial score (nSPS) is 17.9. The van der Waals surface area contributed by atoms with Gasteiger partial charge in [-0.1, -0.05) is 36.6 Å². The molecule has 1 atom stereocenters. The highest BCUT2D eigenvalue weighted by molar-refractivity contribution is 5.88. The maximum absolute atomic E-state index is 13.9. The van der Waals surface area contributed by atoms with E-state index in [9.17, 15) is 4.79 Å². The largest absolute Gasteiger partial charge is 0.341 e. The molecule has 2 N–H and O–H groups in total. The van der Waals surface area contributed by atoms with Gasteiger partial charge in [-0.3, -0.25) is 14.3 Å². The van der Waals surface area contributed by atoms with E-state index in [0.717, 1.165) is 55.8 Å². The molecule has 0 amide bonds. The van der Waals surface area contributed by atoms with Gasteiger partial charge in [0.15, 0.2) is 0 Å². The molecule has 1 fully saturated rings. The van der Waals surface area contributed by atoms with Crippen LogP contribution in [0.1, 0.15) is 56.0 Å². The number of pyridine rings is 2. The zero-order valence-corrected chi connectivity index (χ0v) is 21.5. The van der Waals surface area contributed by atoms with Crippen molar-refractivity contribution in [2.45, 2.75) is 71.0 Å². The average molecular weight is 495 g/mol. The summed E-state index contributed by atoms with van der Waals surface area (Å²) in [6.07, 6.45) is 9.60. The number of fused-ring (bicyclic) bond motifs is 4. The Kier molecular flexibility index (Phi) is 6.43. The fraction of sp³-hybridized carbons (Fsp3) is 0.433. The van der Waals surface area contributed by atoms with Crippen molar-refractivity contribution < 1.29 is 0 Å². The van der Waals surface area contributed by atoms with E-state index < -0.39 is 0 Å². The lowest BCUT2D eigenvalue weighted by atomic mass is 9.98. The average Bonchev–Trinajstić information content (AvgIpc) is 3.12. The second kappa shape index (κ2) is 10.0. The van der Waals surface area contributed by atoms with Crippen LogP contribution in [0.3, 0.4) is 0 Å². The molecule has 37 heavy (non-hydrogen) atoms. The standard InChI is InChI=1S/C30H34N6O/c1-2-3-17-36-28-26(33-30(36)35-16-9-10-21(31)19-35)15-18-34(29(28)37)20-27-24-13-8-7-11-22(24)23-12-5-4-6-14-25(23)32-27/h7-8,11,13,15,18,21H,4-6,9-10,12,14,16-17,19-20,31H2,1H3. The molecular formula is C30H34N6O. The Labute approximate surface area is 217 Å². The number of imidazole rings is 1. The van der Waals surface area contributed by atoms with Crippen molar-refractivity contribution in [1.29, 1.82) is 0 Å². The van der Waals surface area contributed by atoms with Gasteiger partial charge in [0.25, 0.3) is 5.56 Å². The smallest absolute Gasteiger partial charge is 0.277 e. The molecule has 3 aromatic heterocycles. The summed E-state index contributed by atoms with van der Waals surface area (Å²) < 4.78 is 3.76. The van der Waals surface area contributed by atoms with Crippen molar-refractivity contribution in [3.8, 4) is 11.8 Å². The summed E-state index contributed by atoms with van der Waals surface area (Å²) in [5.74, 6) is 6.91. The van der Waals surface area contributed by atoms with Gasteiger partial charge in [0, 0.05) is 36.4 Å². The van der Waals surface area contributed by atoms with Crippen LogP contribution in [0.15, 0.2) is 41.3 Å². The first-order valence-corrected chi connectivity index (χ1v) is 13.5. The van der Waals surface area contributed by atoms with Crippen LogP contribution < -0.4 is 16.2 Å². The number of hydrogen-bond acceptors (Lipinski definition) is 5. The fourth-order valence-electron chi connectivity index (χ4n) is 6.01. The number of anilines is 1. The first-order valence-electron chi connectivity index (χ1n) is 13.5. The molecule has 7 heteroatoms. The van der Waals surface area contributed by atoms with Gasteiger partial charge in [0.1, 0.15) is 5.52 Å². The van der Waals surface area contributed by atoms with Gasteiger partial charge < -0.3 is 15.2 Å². The third-order valence-electron chi connectivity index (χ3n) is 7.85. The Bertz CT molecular complexity index is 1590. The first kappa shape index (κ1) is 23.7. The summed E-state index contributed by atoms with van der Waals surface area (Å²) in [6.45, 7) is 4.30. The SMILES string of the molecule is CC#CCn1c(N2CCCC(N)C2)nc2ccn(Cc3nc4c(c5ccccc35)CCCCC4)c(=O)c21. The van der Waals surface area contributed by atoms with Crippen LogP contribution >= 0.6 is 0 Å². The van der Waals surface area contributed by atoms with Crippen molar-refractivity contribution in [3.63, 3.8) is 0 Å². The Balaban J connectivity index is 1.46. The van der Waals surface area contributed by atoms with Crippen molar-refractivity contribution >= 4 is 27.8 Å². The van der Waals surface area contributed by atoms with Crippen molar-refractivity contribution in [1.82, 2.24) is 19.1 Å². The minimum absolute atomic E-state index is 0.0590. The second-order valence-corrected chi connectivity index (χ2v) is 10.3. The van der Waals surface area contributed by atoms with Crippen LogP contribution in [-0.4, -0.2) is 38.2 Å². The molecule has 4 heterocycles. The van der Waals surface area contributed by atoms with Crippen LogP contribution in [0.5, 0.6) is 0 Å². The zero-order valence-electron chi connectivity index (χ0n) is 21.5. The summed E-state index contributed by atoms with van der Waals surface area (Å²) in [5, 5.41) is 2.43.